The Bertz CT molecular complexity index is 466. The Balaban J connectivity index is 2.68. The van der Waals surface area contributed by atoms with E-state index in [-0.39, 0.29) is 12.2 Å². The van der Waals surface area contributed by atoms with Crippen LogP contribution in [0.4, 0.5) is 0 Å². The van der Waals surface area contributed by atoms with Crippen LogP contribution in [-0.4, -0.2) is 31.2 Å². The van der Waals surface area contributed by atoms with Crippen molar-refractivity contribution in [1.82, 2.24) is 0 Å². The lowest BCUT2D eigenvalue weighted by molar-refractivity contribution is -0.116. The topological polar surface area (TPSA) is 55.8 Å². The molecule has 1 aromatic rings. The minimum atomic E-state index is -0.553. The van der Waals surface area contributed by atoms with Crippen molar-refractivity contribution >= 4 is 11.9 Å². The lowest BCUT2D eigenvalue weighted by Crippen LogP contribution is -2.11. The van der Waals surface area contributed by atoms with Gasteiger partial charge in [0.25, 0.3) is 0 Å². The summed E-state index contributed by atoms with van der Waals surface area (Å²) in [5, 5.41) is 9.58. The van der Waals surface area contributed by atoms with Crippen LogP contribution < -0.4 is 9.47 Å². The van der Waals surface area contributed by atoms with E-state index < -0.39 is 6.10 Å². The van der Waals surface area contributed by atoms with E-state index in [1.165, 1.54) is 6.08 Å². The summed E-state index contributed by atoms with van der Waals surface area (Å²) >= 11 is 0. The van der Waals surface area contributed by atoms with E-state index in [2.05, 4.69) is 0 Å². The molecule has 1 rings (SSSR count). The zero-order valence-electron chi connectivity index (χ0n) is 12.3. The summed E-state index contributed by atoms with van der Waals surface area (Å²) in [6.07, 6.45) is 4.33. The molecule has 0 radical (unpaired) electrons. The SMILES string of the molecule is CCCC(O)CC(=O)/C=C/c1ccc(OC)c(OC)c1. The number of aliphatic hydroxyl groups excluding tert-OH is 1. The first-order chi connectivity index (χ1) is 9.60. The highest BCUT2D eigenvalue weighted by atomic mass is 16.5. The number of hydrogen-bond donors (Lipinski definition) is 1. The third kappa shape index (κ3) is 5.05. The summed E-state index contributed by atoms with van der Waals surface area (Å²) in [5.74, 6) is 1.18. The zero-order chi connectivity index (χ0) is 15.0. The fourth-order valence-electron chi connectivity index (χ4n) is 1.88. The van der Waals surface area contributed by atoms with Crippen LogP contribution in [0.3, 0.4) is 0 Å². The van der Waals surface area contributed by atoms with Gasteiger partial charge in [0, 0.05) is 6.42 Å². The van der Waals surface area contributed by atoms with Gasteiger partial charge in [-0.3, -0.25) is 4.79 Å². The molecular weight excluding hydrogens is 256 g/mol. The first-order valence-electron chi connectivity index (χ1n) is 6.71. The predicted octanol–water partition coefficient (Wildman–Crippen LogP) is 2.84. The maximum atomic E-state index is 11.7. The highest BCUT2D eigenvalue weighted by Gasteiger charge is 2.07. The maximum absolute atomic E-state index is 11.7. The van der Waals surface area contributed by atoms with Crippen LogP contribution in [0.5, 0.6) is 11.5 Å². The van der Waals surface area contributed by atoms with Crippen LogP contribution in [-0.2, 0) is 4.79 Å². The molecule has 0 heterocycles. The maximum Gasteiger partial charge on any atom is 0.161 e. The van der Waals surface area contributed by atoms with Gasteiger partial charge in [0.05, 0.1) is 20.3 Å². The lowest BCUT2D eigenvalue weighted by atomic mass is 10.1. The Kier molecular flexibility index (Phi) is 6.81. The summed E-state index contributed by atoms with van der Waals surface area (Å²) in [6, 6.07) is 5.42. The second kappa shape index (κ2) is 8.38. The molecule has 1 N–H and O–H groups in total. The Hall–Kier alpha value is -1.81. The first-order valence-corrected chi connectivity index (χ1v) is 6.71. The number of allylic oxidation sites excluding steroid dienone is 1. The number of rotatable bonds is 8. The smallest absolute Gasteiger partial charge is 0.161 e. The third-order valence-electron chi connectivity index (χ3n) is 2.93. The summed E-state index contributed by atoms with van der Waals surface area (Å²) in [7, 11) is 3.14. The van der Waals surface area contributed by atoms with E-state index in [1.807, 2.05) is 13.0 Å². The van der Waals surface area contributed by atoms with Gasteiger partial charge in [-0.25, -0.2) is 0 Å². The molecule has 0 aliphatic carbocycles. The Morgan fingerprint density at radius 2 is 2.00 bits per heavy atom. The molecule has 1 atom stereocenters. The Labute approximate surface area is 120 Å². The molecule has 20 heavy (non-hydrogen) atoms. The first kappa shape index (κ1) is 16.2. The highest BCUT2D eigenvalue weighted by molar-refractivity contribution is 5.93. The van der Waals surface area contributed by atoms with Crippen molar-refractivity contribution in [3.05, 3.63) is 29.8 Å². The van der Waals surface area contributed by atoms with Gasteiger partial charge in [-0.2, -0.15) is 0 Å². The molecule has 1 unspecified atom stereocenters. The quantitative estimate of drug-likeness (QED) is 0.743. The van der Waals surface area contributed by atoms with Gasteiger partial charge in [-0.05, 0) is 30.2 Å². The third-order valence-corrected chi connectivity index (χ3v) is 2.93. The van der Waals surface area contributed by atoms with E-state index in [0.717, 1.165) is 12.0 Å². The number of ketones is 1. The molecule has 110 valence electrons. The predicted molar refractivity (Wildman–Crippen MR) is 79.1 cm³/mol. The van der Waals surface area contributed by atoms with Gasteiger partial charge in [-0.15, -0.1) is 0 Å². The van der Waals surface area contributed by atoms with Gasteiger partial charge >= 0.3 is 0 Å². The monoisotopic (exact) mass is 278 g/mol. The fraction of sp³-hybridized carbons (Fsp3) is 0.438. The van der Waals surface area contributed by atoms with Crippen molar-refractivity contribution in [3.63, 3.8) is 0 Å². The number of carbonyl (C=O) groups excluding carboxylic acids is 1. The minimum Gasteiger partial charge on any atom is -0.493 e. The number of ether oxygens (including phenoxy) is 2. The molecule has 0 amide bonds. The molecule has 4 heteroatoms. The molecule has 0 spiro atoms. The van der Waals surface area contributed by atoms with Gasteiger partial charge < -0.3 is 14.6 Å². The van der Waals surface area contributed by atoms with Gasteiger partial charge in [0.1, 0.15) is 0 Å². The number of methoxy groups -OCH3 is 2. The molecule has 0 aliphatic heterocycles. The number of hydrogen-bond acceptors (Lipinski definition) is 4. The largest absolute Gasteiger partial charge is 0.493 e. The molecule has 0 saturated heterocycles. The molecule has 0 aliphatic rings. The molecule has 0 bridgehead atoms. The number of carbonyl (C=O) groups is 1. The van der Waals surface area contributed by atoms with Crippen LogP contribution in [0.1, 0.15) is 31.7 Å². The van der Waals surface area contributed by atoms with Crippen molar-refractivity contribution in [3.8, 4) is 11.5 Å². The van der Waals surface area contributed by atoms with Crippen LogP contribution in [0.2, 0.25) is 0 Å². The molecule has 1 aromatic carbocycles. The van der Waals surface area contributed by atoms with E-state index in [1.54, 1.807) is 32.4 Å². The van der Waals surface area contributed by atoms with Crippen molar-refractivity contribution in [2.45, 2.75) is 32.3 Å². The van der Waals surface area contributed by atoms with Gasteiger partial charge in [0.2, 0.25) is 0 Å². The molecule has 4 nitrogen and oxygen atoms in total. The summed E-state index contributed by atoms with van der Waals surface area (Å²) in [5.41, 5.74) is 0.848. The fourth-order valence-corrected chi connectivity index (χ4v) is 1.88. The average molecular weight is 278 g/mol. The summed E-state index contributed by atoms with van der Waals surface area (Å²) in [6.45, 7) is 1.98. The van der Waals surface area contributed by atoms with E-state index >= 15 is 0 Å². The second-order valence-corrected chi connectivity index (χ2v) is 4.56. The molecule has 0 fully saturated rings. The highest BCUT2D eigenvalue weighted by Crippen LogP contribution is 2.27. The summed E-state index contributed by atoms with van der Waals surface area (Å²) < 4.78 is 10.3. The Morgan fingerprint density at radius 1 is 1.30 bits per heavy atom. The summed E-state index contributed by atoms with van der Waals surface area (Å²) in [4.78, 5) is 11.7. The van der Waals surface area contributed by atoms with Crippen LogP contribution in [0.25, 0.3) is 6.08 Å². The molecule has 0 aromatic heterocycles. The van der Waals surface area contributed by atoms with Crippen LogP contribution in [0.15, 0.2) is 24.3 Å². The lowest BCUT2D eigenvalue weighted by Gasteiger charge is -2.08. The zero-order valence-corrected chi connectivity index (χ0v) is 12.3. The van der Waals surface area contributed by atoms with Crippen molar-refractivity contribution < 1.29 is 19.4 Å². The van der Waals surface area contributed by atoms with Gasteiger partial charge in [0.15, 0.2) is 17.3 Å². The second-order valence-electron chi connectivity index (χ2n) is 4.56. The number of benzene rings is 1. The Morgan fingerprint density at radius 3 is 2.60 bits per heavy atom. The molecule has 0 saturated carbocycles. The molecular formula is C16H22O4. The number of aliphatic hydroxyl groups is 1. The normalized spacial score (nSPS) is 12.4. The average Bonchev–Trinajstić information content (AvgIpc) is 2.44. The van der Waals surface area contributed by atoms with Gasteiger partial charge in [-0.1, -0.05) is 25.5 Å². The van der Waals surface area contributed by atoms with E-state index in [4.69, 9.17) is 9.47 Å². The van der Waals surface area contributed by atoms with Crippen molar-refractivity contribution in [2.24, 2.45) is 0 Å². The van der Waals surface area contributed by atoms with E-state index in [9.17, 15) is 9.90 Å². The minimum absolute atomic E-state index is 0.0827. The van der Waals surface area contributed by atoms with Crippen molar-refractivity contribution in [2.75, 3.05) is 14.2 Å². The standard InChI is InChI=1S/C16H22O4/c1-4-5-13(17)11-14(18)8-6-12-7-9-15(19-2)16(10-12)20-3/h6-10,13,17H,4-5,11H2,1-3H3/b8-6+. The van der Waals surface area contributed by atoms with Crippen LogP contribution >= 0.6 is 0 Å². The van der Waals surface area contributed by atoms with E-state index in [0.29, 0.717) is 17.9 Å². The van der Waals surface area contributed by atoms with Crippen molar-refractivity contribution in [1.29, 1.82) is 0 Å². The van der Waals surface area contributed by atoms with Crippen LogP contribution in [0, 0.1) is 0 Å².